The van der Waals surface area contributed by atoms with Crippen molar-refractivity contribution in [3.63, 3.8) is 0 Å². The Hall–Kier alpha value is -7.25. The monoisotopic (exact) mass is 1010 g/mol. The second kappa shape index (κ2) is 20.5. The van der Waals surface area contributed by atoms with Crippen LogP contribution in [0.4, 0.5) is 46.0 Å². The lowest BCUT2D eigenvalue weighted by molar-refractivity contribution is -0.432. The largest absolute Gasteiger partial charge is 0.505 e. The molecule has 0 bridgehead atoms. The molecule has 0 aliphatic carbocycles. The number of fused-ring (bicyclic) bond motifs is 2. The van der Waals surface area contributed by atoms with Crippen molar-refractivity contribution in [2.24, 2.45) is 20.5 Å². The van der Waals surface area contributed by atoms with Gasteiger partial charge in [-0.05, 0) is 89.5 Å². The maximum atomic E-state index is 13.3. The highest BCUT2D eigenvalue weighted by Gasteiger charge is 2.28. The van der Waals surface area contributed by atoms with Crippen LogP contribution in [0.5, 0.6) is 11.8 Å². The summed E-state index contributed by atoms with van der Waals surface area (Å²) in [5, 5.41) is 71.2. The molecule has 0 saturated heterocycles. The molecule has 23 nitrogen and oxygen atoms in total. The molecule has 8 rings (SSSR count). The molecule has 8 N–H and O–H groups in total. The van der Waals surface area contributed by atoms with Gasteiger partial charge in [0.25, 0.3) is 20.2 Å². The topological polar surface area (TPSA) is 339 Å². The van der Waals surface area contributed by atoms with E-state index in [1.165, 1.54) is 24.3 Å². The van der Waals surface area contributed by atoms with Gasteiger partial charge >= 0.3 is 6.01 Å². The van der Waals surface area contributed by atoms with E-state index in [-0.39, 0.29) is 60.7 Å². The molecule has 0 aliphatic rings. The van der Waals surface area contributed by atoms with Crippen LogP contribution < -0.4 is 10.6 Å². The van der Waals surface area contributed by atoms with Crippen molar-refractivity contribution in [1.82, 2.24) is 15.0 Å². The lowest BCUT2D eigenvalue weighted by Crippen LogP contribution is -2.06. The van der Waals surface area contributed by atoms with Crippen molar-refractivity contribution < 1.29 is 65.4 Å². The van der Waals surface area contributed by atoms with E-state index in [2.05, 4.69) is 64.8 Å². The predicted molar refractivity (Wildman–Crippen MR) is 250 cm³/mol. The van der Waals surface area contributed by atoms with Crippen LogP contribution in [0.25, 0.3) is 32.7 Å². The fourth-order valence-corrected chi connectivity index (χ4v) is 8.79. The number of nitrogens with one attached hydrogen (secondary N) is 2. The average Bonchev–Trinajstić information content (AvgIpc) is 3.31. The quantitative estimate of drug-likeness (QED) is 0.0138. The first-order chi connectivity index (χ1) is 33.1. The Morgan fingerprint density at radius 1 is 0.623 bits per heavy atom. The van der Waals surface area contributed by atoms with Crippen LogP contribution in [0.1, 0.15) is 5.56 Å². The van der Waals surface area contributed by atoms with Gasteiger partial charge in [-0.25, -0.2) is 10.5 Å². The number of benzene rings is 7. The van der Waals surface area contributed by atoms with E-state index < -0.39 is 64.8 Å². The summed E-state index contributed by atoms with van der Waals surface area (Å²) >= 11 is 0.753. The minimum Gasteiger partial charge on any atom is -0.505 e. The Morgan fingerprint density at radius 2 is 1.28 bits per heavy atom. The van der Waals surface area contributed by atoms with Crippen molar-refractivity contribution in [3.05, 3.63) is 127 Å². The number of nitrogens with zero attached hydrogens (tertiary/aromatic N) is 7. The number of phenols is 1. The molecule has 0 spiro atoms. The predicted octanol–water partition coefficient (Wildman–Crippen LogP) is 11.2. The van der Waals surface area contributed by atoms with Crippen LogP contribution in [0.2, 0.25) is 0 Å². The van der Waals surface area contributed by atoms with E-state index in [1.54, 1.807) is 54.6 Å². The highest BCUT2D eigenvalue weighted by molar-refractivity contribution is 7.95. The number of aryl methyl sites for hydroxylation is 1. The first kappa shape index (κ1) is 48.2. The maximum Gasteiger partial charge on any atom is 0.320 e. The number of hydrogen-bond acceptors (Lipinski definition) is 23. The fraction of sp³-hybridized carbons (Fsp3) is 0.0238. The van der Waals surface area contributed by atoms with E-state index in [9.17, 15) is 36.2 Å². The Balaban J connectivity index is 1.35. The summed E-state index contributed by atoms with van der Waals surface area (Å²) in [7, 11) is -9.89. The molecule has 8 aromatic rings. The van der Waals surface area contributed by atoms with Crippen LogP contribution in [-0.2, 0) is 39.0 Å². The molecule has 0 radical (unpaired) electrons. The lowest BCUT2D eigenvalue weighted by Gasteiger charge is -2.17. The van der Waals surface area contributed by atoms with Crippen molar-refractivity contribution >= 4 is 112 Å². The zero-order valence-corrected chi connectivity index (χ0v) is 38.0. The first-order valence-corrected chi connectivity index (χ1v) is 23.7. The van der Waals surface area contributed by atoms with Gasteiger partial charge in [-0.1, -0.05) is 76.3 Å². The molecule has 1 aromatic heterocycles. The van der Waals surface area contributed by atoms with Gasteiger partial charge in [-0.15, -0.1) is 24.0 Å². The third-order valence-electron chi connectivity index (χ3n) is 9.71. The van der Waals surface area contributed by atoms with Gasteiger partial charge < -0.3 is 20.8 Å². The number of aromatic hydroxyl groups is 2. The van der Waals surface area contributed by atoms with Crippen LogP contribution in [0.15, 0.2) is 161 Å². The van der Waals surface area contributed by atoms with E-state index in [0.717, 1.165) is 34.9 Å². The van der Waals surface area contributed by atoms with Gasteiger partial charge in [-0.2, -0.15) is 36.9 Å². The molecule has 0 aliphatic heterocycles. The van der Waals surface area contributed by atoms with Gasteiger partial charge in [0.2, 0.25) is 11.9 Å². The van der Waals surface area contributed by atoms with Gasteiger partial charge in [-0.3, -0.25) is 9.11 Å². The van der Waals surface area contributed by atoms with E-state index in [4.69, 9.17) is 10.5 Å². The van der Waals surface area contributed by atoms with E-state index in [0.29, 0.717) is 17.7 Å². The van der Waals surface area contributed by atoms with Gasteiger partial charge in [0.15, 0.2) is 5.75 Å². The third kappa shape index (κ3) is 11.4. The Kier molecular flexibility index (Phi) is 14.4. The molecule has 0 unspecified atom stereocenters. The molecule has 0 saturated carbocycles. The smallest absolute Gasteiger partial charge is 0.320 e. The minimum absolute atomic E-state index is 0.0183. The van der Waals surface area contributed by atoms with Gasteiger partial charge in [0, 0.05) is 16.0 Å². The molecule has 27 heteroatoms. The molecule has 0 fully saturated rings. The van der Waals surface area contributed by atoms with Crippen molar-refractivity contribution in [2.45, 2.75) is 26.5 Å². The molecule has 0 atom stereocenters. The zero-order valence-electron chi connectivity index (χ0n) is 34.8. The Bertz CT molecular complexity index is 3520. The van der Waals surface area contributed by atoms with Crippen LogP contribution in [0, 0.1) is 6.92 Å². The number of phenolic OH excluding ortho intramolecular Hbond substituents is 1. The summed E-state index contributed by atoms with van der Waals surface area (Å²) in [5.41, 5.74) is 2.05. The molecule has 352 valence electrons. The molecule has 1 heterocycles. The summed E-state index contributed by atoms with van der Waals surface area (Å²) in [6.45, 7) is 1.96. The fourth-order valence-electron chi connectivity index (χ4n) is 6.67. The zero-order chi connectivity index (χ0) is 48.9. The number of aromatic nitrogens is 3. The lowest BCUT2D eigenvalue weighted by atomic mass is 10.0. The van der Waals surface area contributed by atoms with Crippen LogP contribution in [-0.4, -0.2) is 61.6 Å². The maximum absolute atomic E-state index is 13.3. The first-order valence-electron chi connectivity index (χ1n) is 19.3. The number of anilines is 4. The molecular weight excluding hydrogens is 983 g/mol. The van der Waals surface area contributed by atoms with Crippen molar-refractivity contribution in [1.29, 1.82) is 0 Å². The number of hydrogen-bond donors (Lipinski definition) is 8. The van der Waals surface area contributed by atoms with E-state index in [1.807, 2.05) is 31.2 Å². The third-order valence-corrected chi connectivity index (χ3v) is 12.6. The summed E-state index contributed by atoms with van der Waals surface area (Å²) in [6.07, 6.45) is 0. The normalized spacial score (nSPS) is 12.1. The molecule has 7 aromatic carbocycles. The van der Waals surface area contributed by atoms with Crippen LogP contribution in [0.3, 0.4) is 0 Å². The molecular formula is C42H31N9O14S4. The van der Waals surface area contributed by atoms with Crippen LogP contribution >= 0.6 is 24.1 Å². The number of para-hydroxylation sites is 1. The summed E-state index contributed by atoms with van der Waals surface area (Å²) in [6, 6.07) is 30.8. The molecule has 69 heavy (non-hydrogen) atoms. The van der Waals surface area contributed by atoms with Gasteiger partial charge in [0.05, 0.1) is 56.3 Å². The summed E-state index contributed by atoms with van der Waals surface area (Å²) < 4.78 is 80.2. The second-order valence-corrected chi connectivity index (χ2v) is 18.5. The minimum atomic E-state index is -5.22. The second-order valence-electron chi connectivity index (χ2n) is 14.2. The Labute approximate surface area is 397 Å². The SMILES string of the molecule is Cc1ccc(-c2ccc(/N=N/c3c(S(=O)(=O)O)cc4cc(SOOO)c(/N=N/c5cc(SOOO)cc6cc(S(=O)(=O)O)ccc56)c(O)c4c3Nc3nc(O)nc(Nc4ccccc4)n3)cc2)cc1. The average molecular weight is 1010 g/mol. The number of rotatable bonds is 17. The van der Waals surface area contributed by atoms with E-state index >= 15 is 0 Å². The molecule has 0 amide bonds. The summed E-state index contributed by atoms with van der Waals surface area (Å²) in [5.74, 6) is -1.41. The van der Waals surface area contributed by atoms with Gasteiger partial charge in [0.1, 0.15) is 16.3 Å². The number of azo groups is 2. The highest BCUT2D eigenvalue weighted by Crippen LogP contribution is 2.51. The van der Waals surface area contributed by atoms with Crippen molar-refractivity contribution in [2.75, 3.05) is 10.6 Å². The standard InChI is InChI=1S/C42H31N9O14S4/c1-22-7-9-23(10-8-22)24-11-13-28(14-12-24)48-51-37-34(69(59,60)61)20-26-19-33(67-65-63-55)36(50-49-32-21-29(66-64-62-54)17-25-18-30(68(56,57)58)15-16-31(25)32)39(52)35(26)38(37)44-41-45-40(46-42(53)47-41)43-27-5-3-2-4-6-27/h2-21,52,54-55H,1H3,(H,56,57,58)(H,59,60,61)(H3,43,44,45,46,47,53)/b50-49+,51-48+. The highest BCUT2D eigenvalue weighted by atomic mass is 32.2. The summed E-state index contributed by atoms with van der Waals surface area (Å²) in [4.78, 5) is 10.8. The Morgan fingerprint density at radius 3 is 1.94 bits per heavy atom. The van der Waals surface area contributed by atoms with Crippen molar-refractivity contribution in [3.8, 4) is 22.9 Å².